The maximum Gasteiger partial charge on any atom is 0.334 e. The molecule has 0 aliphatic carbocycles. The van der Waals surface area contributed by atoms with Gasteiger partial charge in [0.15, 0.2) is 33.2 Å². The van der Waals surface area contributed by atoms with Crippen molar-refractivity contribution in [3.05, 3.63) is 45.8 Å². The summed E-state index contributed by atoms with van der Waals surface area (Å²) >= 11 is 0.373. The number of carboxylic acid groups (broad SMARTS) is 1. The minimum absolute atomic E-state index is 0.210. The number of aromatic amines is 1. The maximum absolute atomic E-state index is 12.9. The first kappa shape index (κ1) is 27.8. The van der Waals surface area contributed by atoms with Crippen LogP contribution in [0.2, 0.25) is 0 Å². The molecule has 15 heteroatoms. The van der Waals surface area contributed by atoms with Gasteiger partial charge < -0.3 is 45.8 Å². The second kappa shape index (κ2) is 10.2. The maximum atomic E-state index is 12.9. The van der Waals surface area contributed by atoms with Crippen LogP contribution in [0, 0.1) is 30.6 Å². The molecule has 2 aromatic carbocycles. The fourth-order valence-electron chi connectivity index (χ4n) is 3.40. The lowest BCUT2D eigenvalue weighted by Gasteiger charge is -2.08. The molecule has 10 N–H and O–H groups in total. The van der Waals surface area contributed by atoms with Crippen LogP contribution in [0.4, 0.5) is 0 Å². The average molecular weight is 587 g/mol. The highest BCUT2D eigenvalue weighted by Gasteiger charge is 2.31. The molecule has 2 aromatic heterocycles. The first-order chi connectivity index (χ1) is 18.7. The van der Waals surface area contributed by atoms with Gasteiger partial charge in [-0.3, -0.25) is 0 Å². The summed E-state index contributed by atoms with van der Waals surface area (Å²) in [4.78, 5) is 13.8. The molecule has 4 rings (SSSR count). The zero-order valence-electron chi connectivity index (χ0n) is 20.0. The standard InChI is InChI=1S/C25H18N2O11S2/c1-10-2-4-11(5-3-10)6-9-14-17(28)22(33)25(39-14)40(37,38)27-13(24(35)36)8-7-12-15-16(26-23(12)34)19(30)21(32)20(31)18(15)29/h2-5,13,26-34H,1H3,(H,35,36). The van der Waals surface area contributed by atoms with E-state index in [9.17, 15) is 54.1 Å². The summed E-state index contributed by atoms with van der Waals surface area (Å²) in [6, 6.07) is 4.77. The van der Waals surface area contributed by atoms with Crippen molar-refractivity contribution in [2.24, 2.45) is 0 Å². The highest BCUT2D eigenvalue weighted by atomic mass is 32.2. The number of phenols is 4. The highest BCUT2D eigenvalue weighted by Crippen LogP contribution is 2.50. The second-order valence-corrected chi connectivity index (χ2v) is 11.1. The van der Waals surface area contributed by atoms with Crippen LogP contribution in [0.1, 0.15) is 21.6 Å². The molecule has 0 amide bonds. The van der Waals surface area contributed by atoms with Gasteiger partial charge in [0.25, 0.3) is 10.0 Å². The minimum atomic E-state index is -4.82. The molecule has 0 aliphatic rings. The SMILES string of the molecule is Cc1ccc(C#Cc2sc(S(=O)(=O)NC(C#Cc3c(O)[nH]c4c(O)c(O)c(O)c(O)c34)C(=O)O)c(O)c2O)cc1. The number of carboxylic acids is 1. The Morgan fingerprint density at radius 2 is 1.50 bits per heavy atom. The van der Waals surface area contributed by atoms with Gasteiger partial charge in [-0.25, -0.2) is 13.2 Å². The van der Waals surface area contributed by atoms with Gasteiger partial charge in [0.2, 0.25) is 17.4 Å². The van der Waals surface area contributed by atoms with Crippen molar-refractivity contribution in [3.63, 3.8) is 0 Å². The molecule has 1 atom stereocenters. The summed E-state index contributed by atoms with van der Waals surface area (Å²) in [5, 5.41) is 79.2. The Labute approximate surface area is 228 Å². The van der Waals surface area contributed by atoms with Gasteiger partial charge >= 0.3 is 5.97 Å². The van der Waals surface area contributed by atoms with Crippen LogP contribution in [-0.2, 0) is 14.8 Å². The third-order valence-corrected chi connectivity index (χ3v) is 8.45. The topological polar surface area (TPSA) is 241 Å². The molecule has 0 saturated carbocycles. The van der Waals surface area contributed by atoms with Crippen molar-refractivity contribution >= 4 is 38.2 Å². The van der Waals surface area contributed by atoms with Gasteiger partial charge in [0.1, 0.15) is 10.4 Å². The van der Waals surface area contributed by atoms with Crippen LogP contribution in [0.5, 0.6) is 40.4 Å². The number of aromatic nitrogens is 1. The minimum Gasteiger partial charge on any atom is -0.504 e. The zero-order chi connectivity index (χ0) is 29.5. The molecule has 0 saturated heterocycles. The predicted molar refractivity (Wildman–Crippen MR) is 140 cm³/mol. The summed E-state index contributed by atoms with van der Waals surface area (Å²) in [5.41, 5.74) is 0.518. The summed E-state index contributed by atoms with van der Waals surface area (Å²) in [6.07, 6.45) is 0. The number of aromatic hydroxyl groups is 7. The smallest absolute Gasteiger partial charge is 0.334 e. The van der Waals surface area contributed by atoms with E-state index in [1.165, 1.54) is 0 Å². The van der Waals surface area contributed by atoms with Crippen LogP contribution >= 0.6 is 11.3 Å². The molecule has 1 unspecified atom stereocenters. The number of thiophene rings is 1. The Bertz CT molecular complexity index is 1920. The first-order valence-electron chi connectivity index (χ1n) is 10.8. The van der Waals surface area contributed by atoms with Gasteiger partial charge in [-0.1, -0.05) is 35.5 Å². The van der Waals surface area contributed by atoms with Crippen molar-refractivity contribution in [2.75, 3.05) is 0 Å². The average Bonchev–Trinajstić information content (AvgIpc) is 3.39. The van der Waals surface area contributed by atoms with E-state index in [-0.39, 0.29) is 4.88 Å². The quantitative estimate of drug-likeness (QED) is 0.0936. The van der Waals surface area contributed by atoms with Crippen molar-refractivity contribution in [3.8, 4) is 64.1 Å². The van der Waals surface area contributed by atoms with Gasteiger partial charge in [-0.2, -0.15) is 4.72 Å². The summed E-state index contributed by atoms with van der Waals surface area (Å²) in [6.45, 7) is 1.87. The molecular weight excluding hydrogens is 568 g/mol. The number of aryl methyl sites for hydroxylation is 1. The van der Waals surface area contributed by atoms with E-state index in [1.807, 2.05) is 12.8 Å². The van der Waals surface area contributed by atoms with E-state index >= 15 is 0 Å². The monoisotopic (exact) mass is 586 g/mol. The van der Waals surface area contributed by atoms with Crippen molar-refractivity contribution in [1.82, 2.24) is 9.71 Å². The summed E-state index contributed by atoms with van der Waals surface area (Å²) in [5.74, 6) is 0.687. The molecule has 0 aliphatic heterocycles. The van der Waals surface area contributed by atoms with Crippen LogP contribution in [0.15, 0.2) is 28.5 Å². The van der Waals surface area contributed by atoms with Crippen LogP contribution in [0.3, 0.4) is 0 Å². The van der Waals surface area contributed by atoms with Crippen molar-refractivity contribution in [2.45, 2.75) is 17.2 Å². The molecule has 13 nitrogen and oxygen atoms in total. The summed E-state index contributed by atoms with van der Waals surface area (Å²) in [7, 11) is -4.82. The van der Waals surface area contributed by atoms with Gasteiger partial charge in [-0.15, -0.1) is 11.3 Å². The number of phenolic OH excluding ortho intramolecular Hbond substituents is 4. The second-order valence-electron chi connectivity index (χ2n) is 8.19. The summed E-state index contributed by atoms with van der Waals surface area (Å²) < 4.78 is 26.8. The van der Waals surface area contributed by atoms with E-state index in [0.717, 1.165) is 5.56 Å². The van der Waals surface area contributed by atoms with E-state index < -0.39 is 83.1 Å². The Kier molecular flexibility index (Phi) is 7.06. The molecular formula is C25H18N2O11S2. The zero-order valence-corrected chi connectivity index (χ0v) is 21.6. The fraction of sp³-hybridized carbons (Fsp3) is 0.0800. The Hall–Kier alpha value is -5.22. The van der Waals surface area contributed by atoms with Gasteiger partial charge in [-0.05, 0) is 25.0 Å². The van der Waals surface area contributed by atoms with Gasteiger partial charge in [0.05, 0.1) is 10.9 Å². The number of carbonyl (C=O) groups is 1. The molecule has 40 heavy (non-hydrogen) atoms. The third-order valence-electron chi connectivity index (χ3n) is 5.43. The number of H-pyrrole nitrogens is 1. The van der Waals surface area contributed by atoms with E-state index in [4.69, 9.17) is 0 Å². The first-order valence-corrected chi connectivity index (χ1v) is 13.1. The van der Waals surface area contributed by atoms with E-state index in [2.05, 4.69) is 22.7 Å². The fourth-order valence-corrected chi connectivity index (χ4v) is 5.84. The highest BCUT2D eigenvalue weighted by molar-refractivity contribution is 7.91. The number of benzene rings is 2. The van der Waals surface area contributed by atoms with Crippen LogP contribution in [-0.4, -0.2) is 66.3 Å². The predicted octanol–water partition coefficient (Wildman–Crippen LogP) is 1.66. The normalized spacial score (nSPS) is 11.8. The molecule has 0 spiro atoms. The number of fused-ring (bicyclic) bond motifs is 1. The molecule has 206 valence electrons. The number of rotatable bonds is 4. The van der Waals surface area contributed by atoms with E-state index in [0.29, 0.717) is 16.9 Å². The number of aliphatic carboxylic acids is 1. The lowest BCUT2D eigenvalue weighted by molar-refractivity contribution is -0.137. The number of sulfonamides is 1. The number of hydrogen-bond donors (Lipinski definition) is 10. The lowest BCUT2D eigenvalue weighted by atomic mass is 10.1. The third kappa shape index (κ3) is 4.95. The molecule has 0 fully saturated rings. The Balaban J connectivity index is 1.70. The lowest BCUT2D eigenvalue weighted by Crippen LogP contribution is -2.39. The van der Waals surface area contributed by atoms with Crippen molar-refractivity contribution in [1.29, 1.82) is 0 Å². The molecule has 4 aromatic rings. The molecule has 0 radical (unpaired) electrons. The van der Waals surface area contributed by atoms with E-state index in [1.54, 1.807) is 29.0 Å². The molecule has 0 bridgehead atoms. The Morgan fingerprint density at radius 3 is 2.12 bits per heavy atom. The van der Waals surface area contributed by atoms with Gasteiger partial charge in [0, 0.05) is 5.56 Å². The Morgan fingerprint density at radius 1 is 0.875 bits per heavy atom. The molecule has 2 heterocycles. The number of hydrogen-bond acceptors (Lipinski definition) is 11. The van der Waals surface area contributed by atoms with Crippen molar-refractivity contribution < 1.29 is 54.1 Å². The number of nitrogens with one attached hydrogen (secondary N) is 2. The largest absolute Gasteiger partial charge is 0.504 e. The van der Waals surface area contributed by atoms with Crippen LogP contribution in [0.25, 0.3) is 10.9 Å². The van der Waals surface area contributed by atoms with Crippen LogP contribution < -0.4 is 4.72 Å².